The van der Waals surface area contributed by atoms with Gasteiger partial charge in [0.1, 0.15) is 9.71 Å². The van der Waals surface area contributed by atoms with E-state index in [1.54, 1.807) is 0 Å². The third kappa shape index (κ3) is 2.68. The van der Waals surface area contributed by atoms with Crippen molar-refractivity contribution < 1.29 is 14.3 Å². The van der Waals surface area contributed by atoms with Crippen LogP contribution in [0.25, 0.3) is 21.1 Å². The molecule has 0 unspecified atom stereocenters. The first-order valence-corrected chi connectivity index (χ1v) is 9.69. The van der Waals surface area contributed by atoms with Gasteiger partial charge in [0, 0.05) is 21.3 Å². The van der Waals surface area contributed by atoms with Crippen LogP contribution in [0.4, 0.5) is 11.4 Å². The summed E-state index contributed by atoms with van der Waals surface area (Å²) in [5, 5.41) is 4.52. The zero-order valence-corrected chi connectivity index (χ0v) is 16.2. The van der Waals surface area contributed by atoms with Crippen molar-refractivity contribution in [3.63, 3.8) is 0 Å². The number of nitrogens with two attached hydrogens (primary N) is 1. The largest absolute Gasteiger partial charge is 0.454 e. The lowest BCUT2D eigenvalue weighted by Crippen LogP contribution is -2.12. The molecule has 1 aliphatic heterocycles. The van der Waals surface area contributed by atoms with Crippen LogP contribution in [0, 0.1) is 0 Å². The maximum absolute atomic E-state index is 12.7. The Balaban J connectivity index is 1.59. The van der Waals surface area contributed by atoms with Crippen molar-refractivity contribution in [3.05, 3.63) is 51.8 Å². The van der Waals surface area contributed by atoms with E-state index < -0.39 is 0 Å². The standard InChI is InChI=1S/C19H12BrN3O3S/c20-11-3-1-2-4-12(11)22-18(24)17-16(21)10-5-9-6-14-15(26-8-25-14)7-13(9)23-19(10)27-17/h1-7H,8,21H2,(H,22,24). The van der Waals surface area contributed by atoms with Crippen molar-refractivity contribution in [2.75, 3.05) is 17.8 Å². The summed E-state index contributed by atoms with van der Waals surface area (Å²) in [5.74, 6) is 1.09. The van der Waals surface area contributed by atoms with Gasteiger partial charge in [-0.15, -0.1) is 11.3 Å². The summed E-state index contributed by atoms with van der Waals surface area (Å²) in [4.78, 5) is 18.5. The van der Waals surface area contributed by atoms with E-state index in [0.29, 0.717) is 32.6 Å². The Hall–Kier alpha value is -2.84. The molecule has 0 radical (unpaired) electrons. The van der Waals surface area contributed by atoms with Gasteiger partial charge in [0.25, 0.3) is 5.91 Å². The van der Waals surface area contributed by atoms with E-state index in [2.05, 4.69) is 26.2 Å². The van der Waals surface area contributed by atoms with Crippen LogP contribution in [0.5, 0.6) is 11.5 Å². The number of amides is 1. The maximum Gasteiger partial charge on any atom is 0.267 e. The number of pyridine rings is 1. The van der Waals surface area contributed by atoms with Crippen LogP contribution in [0.2, 0.25) is 0 Å². The highest BCUT2D eigenvalue weighted by molar-refractivity contribution is 9.10. The Morgan fingerprint density at radius 1 is 1.19 bits per heavy atom. The molecule has 1 aliphatic rings. The summed E-state index contributed by atoms with van der Waals surface area (Å²) in [6.07, 6.45) is 0. The van der Waals surface area contributed by atoms with Crippen LogP contribution in [0.15, 0.2) is 46.9 Å². The molecule has 6 nitrogen and oxygen atoms in total. The molecule has 0 atom stereocenters. The fraction of sp³-hybridized carbons (Fsp3) is 0.0526. The lowest BCUT2D eigenvalue weighted by molar-refractivity contribution is 0.103. The Labute approximate surface area is 166 Å². The zero-order chi connectivity index (χ0) is 18.5. The number of anilines is 2. The summed E-state index contributed by atoms with van der Waals surface area (Å²) in [6.45, 7) is 0.210. The highest BCUT2D eigenvalue weighted by atomic mass is 79.9. The molecule has 3 heterocycles. The minimum atomic E-state index is -0.263. The molecule has 2 aromatic carbocycles. The molecular weight excluding hydrogens is 430 g/mol. The van der Waals surface area contributed by atoms with Gasteiger partial charge in [0.15, 0.2) is 11.5 Å². The Bertz CT molecular complexity index is 1240. The number of nitrogens with one attached hydrogen (secondary N) is 1. The van der Waals surface area contributed by atoms with Crippen LogP contribution in [-0.2, 0) is 0 Å². The number of benzene rings is 2. The van der Waals surface area contributed by atoms with Gasteiger partial charge in [-0.05, 0) is 40.2 Å². The number of hydrogen-bond donors (Lipinski definition) is 2. The average molecular weight is 442 g/mol. The number of nitrogen functional groups attached to an aromatic ring is 1. The highest BCUT2D eigenvalue weighted by Gasteiger charge is 2.20. The van der Waals surface area contributed by atoms with Gasteiger partial charge in [-0.3, -0.25) is 4.79 Å². The number of hydrogen-bond acceptors (Lipinski definition) is 6. The SMILES string of the molecule is Nc1c(C(=O)Nc2ccccc2Br)sc2nc3cc4c(cc3cc12)OCO4. The molecule has 134 valence electrons. The van der Waals surface area contributed by atoms with Crippen molar-refractivity contribution in [2.45, 2.75) is 0 Å². The zero-order valence-electron chi connectivity index (χ0n) is 13.8. The van der Waals surface area contributed by atoms with Crippen molar-refractivity contribution >= 4 is 65.7 Å². The van der Waals surface area contributed by atoms with Crippen LogP contribution in [0.1, 0.15) is 9.67 Å². The van der Waals surface area contributed by atoms with Crippen molar-refractivity contribution in [2.24, 2.45) is 0 Å². The fourth-order valence-corrected chi connectivity index (χ4v) is 4.37. The number of halogens is 1. The number of carbonyl (C=O) groups is 1. The van der Waals surface area contributed by atoms with E-state index in [1.165, 1.54) is 11.3 Å². The minimum absolute atomic E-state index is 0.210. The highest BCUT2D eigenvalue weighted by Crippen LogP contribution is 2.40. The predicted octanol–water partition coefficient (Wildman–Crippen LogP) is 4.78. The molecule has 27 heavy (non-hydrogen) atoms. The van der Waals surface area contributed by atoms with Crippen molar-refractivity contribution in [1.82, 2.24) is 4.98 Å². The molecule has 0 saturated heterocycles. The molecule has 0 bridgehead atoms. The first-order chi connectivity index (χ1) is 13.1. The normalized spacial score (nSPS) is 12.6. The molecule has 0 saturated carbocycles. The summed E-state index contributed by atoms with van der Waals surface area (Å²) in [6, 6.07) is 13.1. The average Bonchev–Trinajstić information content (AvgIpc) is 3.24. The molecule has 8 heteroatoms. The monoisotopic (exact) mass is 441 g/mol. The van der Waals surface area contributed by atoms with Crippen molar-refractivity contribution in [3.8, 4) is 11.5 Å². The second-order valence-corrected chi connectivity index (χ2v) is 7.87. The smallest absolute Gasteiger partial charge is 0.267 e. The number of nitrogens with zero attached hydrogens (tertiary/aromatic N) is 1. The third-order valence-electron chi connectivity index (χ3n) is 4.34. The number of rotatable bonds is 2. The van der Waals surface area contributed by atoms with Crippen LogP contribution >= 0.6 is 27.3 Å². The van der Waals surface area contributed by atoms with E-state index in [9.17, 15) is 4.79 Å². The van der Waals surface area contributed by atoms with Gasteiger partial charge < -0.3 is 20.5 Å². The number of thiophene rings is 1. The molecule has 0 aliphatic carbocycles. The molecule has 3 N–H and O–H groups in total. The molecule has 2 aromatic heterocycles. The maximum atomic E-state index is 12.7. The second kappa shape index (κ2) is 6.11. The fourth-order valence-electron chi connectivity index (χ4n) is 3.00. The Kier molecular flexibility index (Phi) is 3.70. The van der Waals surface area contributed by atoms with Gasteiger partial charge in [-0.25, -0.2) is 4.98 Å². The Morgan fingerprint density at radius 3 is 2.78 bits per heavy atom. The van der Waals surface area contributed by atoms with Gasteiger partial charge in [0.2, 0.25) is 6.79 Å². The summed E-state index contributed by atoms with van der Waals surface area (Å²) in [5.41, 5.74) is 8.15. The summed E-state index contributed by atoms with van der Waals surface area (Å²) < 4.78 is 11.6. The first-order valence-electron chi connectivity index (χ1n) is 8.08. The quantitative estimate of drug-likeness (QED) is 0.467. The molecule has 4 aromatic rings. The molecular formula is C19H12BrN3O3S. The van der Waals surface area contributed by atoms with Gasteiger partial charge in [-0.2, -0.15) is 0 Å². The molecule has 0 fully saturated rings. The van der Waals surface area contributed by atoms with Crippen LogP contribution < -0.4 is 20.5 Å². The van der Waals surface area contributed by atoms with E-state index in [0.717, 1.165) is 20.8 Å². The minimum Gasteiger partial charge on any atom is -0.454 e. The summed E-state index contributed by atoms with van der Waals surface area (Å²) >= 11 is 4.70. The molecule has 5 rings (SSSR count). The lowest BCUT2D eigenvalue weighted by atomic mass is 10.1. The number of para-hydroxylation sites is 1. The number of aromatic nitrogens is 1. The van der Waals surface area contributed by atoms with Crippen molar-refractivity contribution in [1.29, 1.82) is 0 Å². The molecule has 1 amide bonds. The van der Waals surface area contributed by atoms with Gasteiger partial charge in [-0.1, -0.05) is 12.1 Å². The van der Waals surface area contributed by atoms with Gasteiger partial charge >= 0.3 is 0 Å². The predicted molar refractivity (Wildman–Crippen MR) is 110 cm³/mol. The van der Waals surface area contributed by atoms with E-state index in [1.807, 2.05) is 42.5 Å². The Morgan fingerprint density at radius 2 is 1.96 bits per heavy atom. The number of carbonyl (C=O) groups excluding carboxylic acids is 1. The second-order valence-electron chi connectivity index (χ2n) is 6.02. The molecule has 0 spiro atoms. The lowest BCUT2D eigenvalue weighted by Gasteiger charge is -2.06. The van der Waals surface area contributed by atoms with Crippen LogP contribution in [-0.4, -0.2) is 17.7 Å². The topological polar surface area (TPSA) is 86.5 Å². The van der Waals surface area contributed by atoms with E-state index in [4.69, 9.17) is 15.2 Å². The first kappa shape index (κ1) is 16.3. The summed E-state index contributed by atoms with van der Waals surface area (Å²) in [7, 11) is 0. The number of ether oxygens (including phenoxy) is 2. The van der Waals surface area contributed by atoms with E-state index >= 15 is 0 Å². The van der Waals surface area contributed by atoms with Gasteiger partial charge in [0.05, 0.1) is 16.9 Å². The van der Waals surface area contributed by atoms with Crippen LogP contribution in [0.3, 0.4) is 0 Å². The van der Waals surface area contributed by atoms with E-state index in [-0.39, 0.29) is 12.7 Å². The third-order valence-corrected chi connectivity index (χ3v) is 6.14. The number of fused-ring (bicyclic) bond motifs is 3.